The predicted octanol–water partition coefficient (Wildman–Crippen LogP) is 10.6. The summed E-state index contributed by atoms with van der Waals surface area (Å²) in [5.74, 6) is 1.46. The molecule has 1 N–H and O–H groups in total. The van der Waals surface area contributed by atoms with E-state index < -0.39 is 0 Å². The van der Waals surface area contributed by atoms with Crippen LogP contribution < -0.4 is 5.32 Å². The van der Waals surface area contributed by atoms with E-state index >= 15 is 0 Å². The highest BCUT2D eigenvalue weighted by molar-refractivity contribution is 6.22. The van der Waals surface area contributed by atoms with E-state index in [1.165, 1.54) is 21.9 Å². The molecule has 0 fully saturated rings. The molecule has 0 radical (unpaired) electrons. The fraction of sp³-hybridized carbons (Fsp3) is 0.0233. The van der Waals surface area contributed by atoms with Crippen molar-refractivity contribution in [2.45, 2.75) is 6.17 Å². The van der Waals surface area contributed by atoms with Crippen LogP contribution in [0.4, 0.5) is 0 Å². The Balaban J connectivity index is 1.19. The monoisotopic (exact) mass is 603 g/mol. The van der Waals surface area contributed by atoms with Crippen molar-refractivity contribution in [2.75, 3.05) is 0 Å². The number of nitrogens with one attached hydrogen (secondary N) is 1. The number of nitrogens with zero attached hydrogens (tertiary/aromatic N) is 2. The minimum Gasteiger partial charge on any atom is -0.455 e. The molecular weight excluding hydrogens is 574 g/mol. The topological polar surface area (TPSA) is 49.9 Å². The zero-order valence-corrected chi connectivity index (χ0v) is 25.5. The predicted molar refractivity (Wildman–Crippen MR) is 194 cm³/mol. The van der Waals surface area contributed by atoms with Gasteiger partial charge in [-0.3, -0.25) is 0 Å². The van der Waals surface area contributed by atoms with E-state index in [9.17, 15) is 0 Å². The molecule has 1 aliphatic heterocycles. The van der Waals surface area contributed by atoms with Gasteiger partial charge in [-0.15, -0.1) is 0 Å². The van der Waals surface area contributed by atoms with Crippen molar-refractivity contribution < 1.29 is 4.42 Å². The smallest absolute Gasteiger partial charge is 0.160 e. The van der Waals surface area contributed by atoms with Gasteiger partial charge in [0.1, 0.15) is 23.2 Å². The number of aliphatic imine (C=N–C) groups is 2. The number of amidine groups is 2. The first kappa shape index (κ1) is 27.1. The van der Waals surface area contributed by atoms with E-state index in [1.807, 2.05) is 36.4 Å². The third kappa shape index (κ3) is 4.88. The van der Waals surface area contributed by atoms with Gasteiger partial charge >= 0.3 is 0 Å². The van der Waals surface area contributed by atoms with Crippen molar-refractivity contribution >= 4 is 44.4 Å². The molecule has 0 aliphatic carbocycles. The number of fused-ring (bicyclic) bond motifs is 4. The van der Waals surface area contributed by atoms with Crippen LogP contribution in [0.15, 0.2) is 178 Å². The first-order valence-corrected chi connectivity index (χ1v) is 15.9. The van der Waals surface area contributed by atoms with Crippen molar-refractivity contribution in [3.05, 3.63) is 180 Å². The number of hydrogen-bond donors (Lipinski definition) is 1. The summed E-state index contributed by atoms with van der Waals surface area (Å²) in [5, 5.41) is 8.05. The lowest BCUT2D eigenvalue weighted by Crippen LogP contribution is -2.33. The molecule has 4 heteroatoms. The van der Waals surface area contributed by atoms with Gasteiger partial charge in [0.05, 0.1) is 0 Å². The minimum atomic E-state index is -0.311. The van der Waals surface area contributed by atoms with Crippen LogP contribution in [0.3, 0.4) is 0 Å². The van der Waals surface area contributed by atoms with E-state index in [0.717, 1.165) is 55.6 Å². The zero-order chi connectivity index (χ0) is 31.2. The van der Waals surface area contributed by atoms with Crippen molar-refractivity contribution in [3.63, 3.8) is 0 Å². The summed E-state index contributed by atoms with van der Waals surface area (Å²) in [6, 6.07) is 56.9. The molecule has 1 unspecified atom stereocenters. The maximum Gasteiger partial charge on any atom is 0.160 e. The summed E-state index contributed by atoms with van der Waals surface area (Å²) in [6.07, 6.45) is -0.311. The molecular formula is C43H29N3O. The summed E-state index contributed by atoms with van der Waals surface area (Å²) in [5.41, 5.74) is 9.25. The Bertz CT molecular complexity index is 2480. The Morgan fingerprint density at radius 1 is 0.511 bits per heavy atom. The molecule has 0 spiro atoms. The molecule has 47 heavy (non-hydrogen) atoms. The lowest BCUT2D eigenvalue weighted by Gasteiger charge is -2.24. The normalized spacial score (nSPS) is 14.6. The van der Waals surface area contributed by atoms with Crippen LogP contribution in [0.25, 0.3) is 55.0 Å². The Morgan fingerprint density at radius 3 is 1.98 bits per heavy atom. The molecule has 4 nitrogen and oxygen atoms in total. The van der Waals surface area contributed by atoms with Gasteiger partial charge in [0.15, 0.2) is 5.84 Å². The van der Waals surface area contributed by atoms with Gasteiger partial charge < -0.3 is 9.73 Å². The van der Waals surface area contributed by atoms with Crippen molar-refractivity contribution in [3.8, 4) is 22.3 Å². The second-order valence-corrected chi connectivity index (χ2v) is 11.8. The van der Waals surface area contributed by atoms with Crippen LogP contribution >= 0.6 is 0 Å². The molecule has 8 aromatic rings. The number of hydrogen-bond acceptors (Lipinski definition) is 4. The highest BCUT2D eigenvalue weighted by atomic mass is 16.3. The van der Waals surface area contributed by atoms with Gasteiger partial charge in [-0.25, -0.2) is 9.98 Å². The SMILES string of the molecule is c1ccc(C2=NC(c3cccc4oc5c(-c6ccc(-c7ccccc7)cc6)cccc5c34)=NC(c3ccc4ccccc4c3)N2)cc1. The van der Waals surface area contributed by atoms with Gasteiger partial charge in [0.2, 0.25) is 0 Å². The first-order chi connectivity index (χ1) is 23.3. The maximum absolute atomic E-state index is 6.64. The van der Waals surface area contributed by atoms with Crippen LogP contribution in [0.2, 0.25) is 0 Å². The summed E-state index contributed by atoms with van der Waals surface area (Å²) in [4.78, 5) is 10.4. The molecule has 222 valence electrons. The van der Waals surface area contributed by atoms with Gasteiger partial charge in [-0.05, 0) is 45.2 Å². The summed E-state index contributed by atoms with van der Waals surface area (Å²) >= 11 is 0. The highest BCUT2D eigenvalue weighted by Crippen LogP contribution is 2.39. The van der Waals surface area contributed by atoms with Gasteiger partial charge in [0.25, 0.3) is 0 Å². The van der Waals surface area contributed by atoms with Crippen molar-refractivity contribution in [2.24, 2.45) is 9.98 Å². The Morgan fingerprint density at radius 2 is 1.17 bits per heavy atom. The van der Waals surface area contributed by atoms with Crippen LogP contribution in [-0.2, 0) is 0 Å². The van der Waals surface area contributed by atoms with E-state index in [4.69, 9.17) is 14.4 Å². The fourth-order valence-electron chi connectivity index (χ4n) is 6.59. The number of para-hydroxylation sites is 1. The molecule has 0 bridgehead atoms. The molecule has 1 atom stereocenters. The van der Waals surface area contributed by atoms with Gasteiger partial charge in [-0.2, -0.15) is 0 Å². The molecule has 1 aromatic heterocycles. The number of furan rings is 1. The fourth-order valence-corrected chi connectivity index (χ4v) is 6.59. The molecule has 7 aromatic carbocycles. The zero-order valence-electron chi connectivity index (χ0n) is 25.5. The molecule has 0 amide bonds. The van der Waals surface area contributed by atoms with Crippen molar-refractivity contribution in [1.82, 2.24) is 5.32 Å². The third-order valence-electron chi connectivity index (χ3n) is 8.95. The first-order valence-electron chi connectivity index (χ1n) is 15.9. The largest absolute Gasteiger partial charge is 0.455 e. The van der Waals surface area contributed by atoms with Crippen LogP contribution in [-0.4, -0.2) is 11.7 Å². The van der Waals surface area contributed by atoms with E-state index in [-0.39, 0.29) is 6.17 Å². The second-order valence-electron chi connectivity index (χ2n) is 11.8. The van der Waals surface area contributed by atoms with E-state index in [2.05, 4.69) is 133 Å². The molecule has 9 rings (SSSR count). The lowest BCUT2D eigenvalue weighted by atomic mass is 9.98. The lowest BCUT2D eigenvalue weighted by molar-refractivity contribution is 0.669. The average molecular weight is 604 g/mol. The van der Waals surface area contributed by atoms with Gasteiger partial charge in [-0.1, -0.05) is 152 Å². The third-order valence-corrected chi connectivity index (χ3v) is 8.95. The maximum atomic E-state index is 6.64. The summed E-state index contributed by atoms with van der Waals surface area (Å²) in [7, 11) is 0. The molecule has 0 saturated heterocycles. The Labute approximate surface area is 272 Å². The molecule has 1 aliphatic rings. The minimum absolute atomic E-state index is 0.311. The molecule has 2 heterocycles. The average Bonchev–Trinajstić information content (AvgIpc) is 3.55. The number of rotatable bonds is 5. The van der Waals surface area contributed by atoms with E-state index in [0.29, 0.717) is 5.84 Å². The van der Waals surface area contributed by atoms with Crippen LogP contribution in [0, 0.1) is 0 Å². The summed E-state index contributed by atoms with van der Waals surface area (Å²) in [6.45, 7) is 0. The van der Waals surface area contributed by atoms with Crippen LogP contribution in [0.1, 0.15) is 22.9 Å². The Hall–Kier alpha value is -6.26. The summed E-state index contributed by atoms with van der Waals surface area (Å²) < 4.78 is 6.64. The highest BCUT2D eigenvalue weighted by Gasteiger charge is 2.24. The standard InChI is InChI=1S/C43H29N3O/c1-3-11-28(12-4-1)30-21-24-31(25-22-30)35-17-9-18-36-39-37(19-10-20-38(39)47-40(35)36)43-45-41(32-14-5-2-6-15-32)44-42(46-43)34-26-23-29-13-7-8-16-33(29)27-34/h1-27,42H,(H,44,45,46). The van der Waals surface area contributed by atoms with Crippen molar-refractivity contribution in [1.29, 1.82) is 0 Å². The molecule has 0 saturated carbocycles. The van der Waals surface area contributed by atoms with E-state index in [1.54, 1.807) is 0 Å². The number of benzene rings is 7. The van der Waals surface area contributed by atoms with Crippen LogP contribution in [0.5, 0.6) is 0 Å². The second kappa shape index (κ2) is 11.3. The van der Waals surface area contributed by atoms with Gasteiger partial charge in [0, 0.05) is 27.5 Å². The quantitative estimate of drug-likeness (QED) is 0.213. The Kier molecular flexibility index (Phi) is 6.50.